The number of fused-ring (bicyclic) bond motifs is 1. The standard InChI is InChI=1S/C7H3BrFNS/c8-4-1-2-5(9)7-6(4)10-3-11-7/h1-3H. The van der Waals surface area contributed by atoms with Crippen LogP contribution < -0.4 is 0 Å². The van der Waals surface area contributed by atoms with Crippen LogP contribution in [0.2, 0.25) is 0 Å². The van der Waals surface area contributed by atoms with Gasteiger partial charge < -0.3 is 0 Å². The second kappa shape index (κ2) is 2.53. The predicted octanol–water partition coefficient (Wildman–Crippen LogP) is 3.20. The van der Waals surface area contributed by atoms with Gasteiger partial charge in [0.15, 0.2) is 0 Å². The maximum atomic E-state index is 12.9. The lowest BCUT2D eigenvalue weighted by molar-refractivity contribution is 0.641. The number of thiazole rings is 1. The van der Waals surface area contributed by atoms with E-state index in [0.29, 0.717) is 10.2 Å². The number of benzene rings is 1. The van der Waals surface area contributed by atoms with Crippen LogP contribution in [0.15, 0.2) is 22.1 Å². The molecule has 1 nitrogen and oxygen atoms in total. The van der Waals surface area contributed by atoms with Crippen molar-refractivity contribution >= 4 is 37.5 Å². The molecule has 1 aromatic carbocycles. The molecule has 2 rings (SSSR count). The maximum Gasteiger partial charge on any atom is 0.142 e. The van der Waals surface area contributed by atoms with Crippen LogP contribution in [0.1, 0.15) is 0 Å². The van der Waals surface area contributed by atoms with Crippen LogP contribution in [-0.4, -0.2) is 4.98 Å². The average molecular weight is 232 g/mol. The quantitative estimate of drug-likeness (QED) is 0.679. The second-order valence-electron chi connectivity index (χ2n) is 2.06. The summed E-state index contributed by atoms with van der Waals surface area (Å²) in [4.78, 5) is 4.01. The summed E-state index contributed by atoms with van der Waals surface area (Å²) in [6.45, 7) is 0. The van der Waals surface area contributed by atoms with E-state index in [1.807, 2.05) is 0 Å². The van der Waals surface area contributed by atoms with E-state index in [1.165, 1.54) is 17.4 Å². The first-order valence-corrected chi connectivity index (χ1v) is 4.63. The molecule has 1 aromatic heterocycles. The van der Waals surface area contributed by atoms with E-state index in [9.17, 15) is 4.39 Å². The summed E-state index contributed by atoms with van der Waals surface area (Å²) in [6, 6.07) is 3.10. The summed E-state index contributed by atoms with van der Waals surface area (Å²) in [7, 11) is 0. The zero-order chi connectivity index (χ0) is 7.84. The fourth-order valence-corrected chi connectivity index (χ4v) is 2.17. The molecule has 0 saturated heterocycles. The highest BCUT2D eigenvalue weighted by Crippen LogP contribution is 2.27. The topological polar surface area (TPSA) is 12.9 Å². The molecule has 0 aliphatic heterocycles. The number of hydrogen-bond acceptors (Lipinski definition) is 2. The van der Waals surface area contributed by atoms with Crippen LogP contribution in [0.5, 0.6) is 0 Å². The van der Waals surface area contributed by atoms with Crippen LogP contribution in [0, 0.1) is 5.82 Å². The lowest BCUT2D eigenvalue weighted by Gasteiger charge is -1.92. The van der Waals surface area contributed by atoms with Crippen molar-refractivity contribution < 1.29 is 4.39 Å². The molecule has 0 aliphatic rings. The molecule has 0 unspecified atom stereocenters. The van der Waals surface area contributed by atoms with Crippen molar-refractivity contribution in [2.45, 2.75) is 0 Å². The Kier molecular flexibility index (Phi) is 1.65. The minimum atomic E-state index is -0.203. The molecule has 0 spiro atoms. The summed E-state index contributed by atoms with van der Waals surface area (Å²) < 4.78 is 14.4. The SMILES string of the molecule is Fc1ccc(Br)c2ncsc12. The fourth-order valence-electron chi connectivity index (χ4n) is 0.887. The van der Waals surface area contributed by atoms with Gasteiger partial charge in [-0.15, -0.1) is 11.3 Å². The molecule has 11 heavy (non-hydrogen) atoms. The van der Waals surface area contributed by atoms with E-state index < -0.39 is 0 Å². The van der Waals surface area contributed by atoms with Gasteiger partial charge in [-0.1, -0.05) is 0 Å². The molecule has 0 atom stereocenters. The van der Waals surface area contributed by atoms with E-state index in [0.717, 1.165) is 4.47 Å². The maximum absolute atomic E-state index is 12.9. The van der Waals surface area contributed by atoms with Crippen LogP contribution in [0.4, 0.5) is 4.39 Å². The number of halogens is 2. The summed E-state index contributed by atoms with van der Waals surface area (Å²) in [5.74, 6) is -0.203. The van der Waals surface area contributed by atoms with Crippen LogP contribution in [0.25, 0.3) is 10.2 Å². The monoisotopic (exact) mass is 231 g/mol. The zero-order valence-corrected chi connectivity index (χ0v) is 7.75. The Bertz CT molecular complexity index is 362. The fraction of sp³-hybridized carbons (Fsp3) is 0. The van der Waals surface area contributed by atoms with Crippen molar-refractivity contribution in [1.29, 1.82) is 0 Å². The molecule has 0 saturated carbocycles. The molecule has 2 aromatic rings. The van der Waals surface area contributed by atoms with Crippen molar-refractivity contribution in [3.8, 4) is 0 Å². The molecule has 56 valence electrons. The first-order chi connectivity index (χ1) is 5.29. The van der Waals surface area contributed by atoms with Gasteiger partial charge in [0.2, 0.25) is 0 Å². The van der Waals surface area contributed by atoms with Crippen LogP contribution >= 0.6 is 27.3 Å². The third-order valence-corrected chi connectivity index (χ3v) is 2.86. The van der Waals surface area contributed by atoms with Crippen LogP contribution in [-0.2, 0) is 0 Å². The molecule has 0 aliphatic carbocycles. The van der Waals surface area contributed by atoms with Crippen molar-refractivity contribution in [3.63, 3.8) is 0 Å². The Balaban J connectivity index is 2.96. The number of hydrogen-bond donors (Lipinski definition) is 0. The summed E-state index contributed by atoms with van der Waals surface area (Å²) in [6.07, 6.45) is 0. The van der Waals surface area contributed by atoms with Crippen molar-refractivity contribution in [3.05, 3.63) is 27.9 Å². The Morgan fingerprint density at radius 1 is 1.45 bits per heavy atom. The van der Waals surface area contributed by atoms with E-state index in [-0.39, 0.29) is 5.82 Å². The van der Waals surface area contributed by atoms with Crippen molar-refractivity contribution in [2.75, 3.05) is 0 Å². The minimum Gasteiger partial charge on any atom is -0.243 e. The van der Waals surface area contributed by atoms with Gasteiger partial charge in [-0.25, -0.2) is 9.37 Å². The molecule has 1 heterocycles. The van der Waals surface area contributed by atoms with Gasteiger partial charge in [0.1, 0.15) is 5.82 Å². The van der Waals surface area contributed by atoms with Gasteiger partial charge in [0.05, 0.1) is 15.7 Å². The zero-order valence-electron chi connectivity index (χ0n) is 5.34. The highest BCUT2D eigenvalue weighted by molar-refractivity contribution is 9.10. The van der Waals surface area contributed by atoms with Crippen molar-refractivity contribution in [1.82, 2.24) is 4.98 Å². The number of aromatic nitrogens is 1. The van der Waals surface area contributed by atoms with Gasteiger partial charge in [0.25, 0.3) is 0 Å². The summed E-state index contributed by atoms with van der Waals surface area (Å²) in [5, 5.41) is 0. The molecule has 0 bridgehead atoms. The van der Waals surface area contributed by atoms with Crippen LogP contribution in [0.3, 0.4) is 0 Å². The average Bonchev–Trinajstić information content (AvgIpc) is 2.45. The minimum absolute atomic E-state index is 0.203. The van der Waals surface area contributed by atoms with Gasteiger partial charge in [-0.2, -0.15) is 0 Å². The molecule has 0 N–H and O–H groups in total. The normalized spacial score (nSPS) is 10.7. The third kappa shape index (κ3) is 1.06. The third-order valence-electron chi connectivity index (χ3n) is 1.39. The summed E-state index contributed by atoms with van der Waals surface area (Å²) >= 11 is 4.60. The molecule has 4 heteroatoms. The second-order valence-corrected chi connectivity index (χ2v) is 3.77. The lowest BCUT2D eigenvalue weighted by atomic mass is 10.3. The van der Waals surface area contributed by atoms with Crippen molar-refractivity contribution in [2.24, 2.45) is 0 Å². The molecular weight excluding hydrogens is 229 g/mol. The number of rotatable bonds is 0. The van der Waals surface area contributed by atoms with E-state index in [2.05, 4.69) is 20.9 Å². The molecular formula is C7H3BrFNS. The smallest absolute Gasteiger partial charge is 0.142 e. The van der Waals surface area contributed by atoms with Gasteiger partial charge in [0, 0.05) is 4.47 Å². The highest BCUT2D eigenvalue weighted by atomic mass is 79.9. The Hall–Kier alpha value is -0.480. The van der Waals surface area contributed by atoms with Gasteiger partial charge >= 0.3 is 0 Å². The van der Waals surface area contributed by atoms with E-state index in [1.54, 1.807) is 11.6 Å². The lowest BCUT2D eigenvalue weighted by Crippen LogP contribution is -1.75. The Morgan fingerprint density at radius 3 is 3.00 bits per heavy atom. The Labute approximate surface area is 75.0 Å². The predicted molar refractivity (Wildman–Crippen MR) is 47.3 cm³/mol. The molecule has 0 radical (unpaired) electrons. The molecule has 0 amide bonds. The highest BCUT2D eigenvalue weighted by Gasteiger charge is 2.05. The Morgan fingerprint density at radius 2 is 2.27 bits per heavy atom. The van der Waals surface area contributed by atoms with E-state index >= 15 is 0 Å². The molecule has 0 fully saturated rings. The largest absolute Gasteiger partial charge is 0.243 e. The van der Waals surface area contributed by atoms with Gasteiger partial charge in [-0.05, 0) is 28.1 Å². The number of nitrogens with zero attached hydrogens (tertiary/aromatic N) is 1. The van der Waals surface area contributed by atoms with E-state index in [4.69, 9.17) is 0 Å². The first kappa shape index (κ1) is 7.18. The summed E-state index contributed by atoms with van der Waals surface area (Å²) in [5.41, 5.74) is 2.34. The first-order valence-electron chi connectivity index (χ1n) is 2.96. The van der Waals surface area contributed by atoms with Gasteiger partial charge in [-0.3, -0.25) is 0 Å².